The molecule has 2 atom stereocenters. The van der Waals surface area contributed by atoms with Gasteiger partial charge in [0.1, 0.15) is 0 Å². The number of piperazine rings is 1. The van der Waals surface area contributed by atoms with Crippen molar-refractivity contribution in [3.05, 3.63) is 0 Å². The molecule has 0 aromatic carbocycles. The normalized spacial score (nSPS) is 30.4. The van der Waals surface area contributed by atoms with E-state index in [2.05, 4.69) is 11.8 Å². The molecule has 1 saturated carbocycles. The van der Waals surface area contributed by atoms with Crippen molar-refractivity contribution in [2.24, 2.45) is 11.7 Å². The summed E-state index contributed by atoms with van der Waals surface area (Å²) in [6, 6.07) is 0.0971. The van der Waals surface area contributed by atoms with E-state index < -0.39 is 0 Å². The number of hydrogen-bond acceptors (Lipinski definition) is 3. The number of rotatable bonds is 3. The molecule has 0 spiro atoms. The Balaban J connectivity index is 1.83. The maximum absolute atomic E-state index is 12.5. The fourth-order valence-electron chi connectivity index (χ4n) is 3.21. The monoisotopic (exact) mass is 253 g/mol. The summed E-state index contributed by atoms with van der Waals surface area (Å²) in [5.74, 6) is 0.412. The van der Waals surface area contributed by atoms with Crippen molar-refractivity contribution in [1.82, 2.24) is 9.80 Å². The first-order valence-corrected chi connectivity index (χ1v) is 7.49. The van der Waals surface area contributed by atoms with Crippen molar-refractivity contribution in [2.75, 3.05) is 32.7 Å². The molecule has 104 valence electrons. The van der Waals surface area contributed by atoms with Crippen LogP contribution in [0.3, 0.4) is 0 Å². The van der Waals surface area contributed by atoms with Gasteiger partial charge in [0.2, 0.25) is 5.91 Å². The van der Waals surface area contributed by atoms with Crippen LogP contribution in [0.1, 0.15) is 39.0 Å². The van der Waals surface area contributed by atoms with E-state index in [1.165, 1.54) is 19.3 Å². The average Bonchev–Trinajstić information content (AvgIpc) is 2.40. The Bertz CT molecular complexity index is 274. The molecule has 1 aliphatic heterocycles. The molecule has 2 unspecified atom stereocenters. The third kappa shape index (κ3) is 3.23. The van der Waals surface area contributed by atoms with Crippen LogP contribution in [0.2, 0.25) is 0 Å². The quantitative estimate of drug-likeness (QED) is 0.818. The maximum atomic E-state index is 12.5. The van der Waals surface area contributed by atoms with Crippen molar-refractivity contribution < 1.29 is 4.79 Å². The smallest absolute Gasteiger partial charge is 0.227 e. The topological polar surface area (TPSA) is 49.6 Å². The largest absolute Gasteiger partial charge is 0.340 e. The molecular formula is C14H27N3O. The molecule has 0 aromatic heterocycles. The van der Waals surface area contributed by atoms with Crippen LogP contribution in [-0.2, 0) is 4.79 Å². The van der Waals surface area contributed by atoms with Gasteiger partial charge >= 0.3 is 0 Å². The number of nitrogens with two attached hydrogens (primary N) is 1. The molecule has 0 bridgehead atoms. The van der Waals surface area contributed by atoms with Crippen molar-refractivity contribution >= 4 is 5.91 Å². The molecule has 4 heteroatoms. The maximum Gasteiger partial charge on any atom is 0.227 e. The predicted molar refractivity (Wildman–Crippen MR) is 73.2 cm³/mol. The van der Waals surface area contributed by atoms with Crippen molar-refractivity contribution in [2.45, 2.75) is 45.1 Å². The molecule has 2 fully saturated rings. The Labute approximate surface area is 110 Å². The SMILES string of the molecule is CCCN1CCN(C(=O)C2CCCCC2N)CC1. The molecule has 1 heterocycles. The van der Waals surface area contributed by atoms with E-state index in [0.717, 1.165) is 45.6 Å². The van der Waals surface area contributed by atoms with Crippen LogP contribution in [0.25, 0.3) is 0 Å². The number of carbonyl (C=O) groups is 1. The summed E-state index contributed by atoms with van der Waals surface area (Å²) in [6.45, 7) is 7.21. The summed E-state index contributed by atoms with van der Waals surface area (Å²) < 4.78 is 0. The van der Waals surface area contributed by atoms with Gasteiger partial charge in [-0.2, -0.15) is 0 Å². The van der Waals surface area contributed by atoms with E-state index in [1.54, 1.807) is 0 Å². The molecule has 2 aliphatic rings. The standard InChI is InChI=1S/C14H27N3O/c1-2-7-16-8-10-17(11-9-16)14(18)12-5-3-4-6-13(12)15/h12-13H,2-11,15H2,1H3. The minimum atomic E-state index is 0.0940. The Morgan fingerprint density at radius 1 is 1.17 bits per heavy atom. The molecule has 18 heavy (non-hydrogen) atoms. The van der Waals surface area contributed by atoms with E-state index in [4.69, 9.17) is 5.73 Å². The lowest BCUT2D eigenvalue weighted by molar-refractivity contribution is -0.138. The highest BCUT2D eigenvalue weighted by Gasteiger charge is 2.32. The number of hydrogen-bond donors (Lipinski definition) is 1. The zero-order chi connectivity index (χ0) is 13.0. The number of amides is 1. The molecule has 4 nitrogen and oxygen atoms in total. The van der Waals surface area contributed by atoms with Gasteiger partial charge in [0.05, 0.1) is 5.92 Å². The first kappa shape index (κ1) is 13.8. The first-order chi connectivity index (χ1) is 8.72. The minimum Gasteiger partial charge on any atom is -0.340 e. The van der Waals surface area contributed by atoms with Gasteiger partial charge in [-0.05, 0) is 25.8 Å². The highest BCUT2D eigenvalue weighted by molar-refractivity contribution is 5.79. The second kappa shape index (κ2) is 6.53. The summed E-state index contributed by atoms with van der Waals surface area (Å²) in [4.78, 5) is 16.9. The second-order valence-electron chi connectivity index (χ2n) is 5.72. The van der Waals surface area contributed by atoms with E-state index in [-0.39, 0.29) is 12.0 Å². The van der Waals surface area contributed by atoms with Gasteiger partial charge in [-0.1, -0.05) is 19.8 Å². The predicted octanol–water partition coefficient (Wildman–Crippen LogP) is 1.06. The summed E-state index contributed by atoms with van der Waals surface area (Å²) in [5.41, 5.74) is 6.10. The lowest BCUT2D eigenvalue weighted by Gasteiger charge is -2.38. The summed E-state index contributed by atoms with van der Waals surface area (Å²) in [6.07, 6.45) is 5.57. The van der Waals surface area contributed by atoms with Crippen LogP contribution in [0, 0.1) is 5.92 Å². The molecule has 1 amide bonds. The molecule has 1 aliphatic carbocycles. The molecular weight excluding hydrogens is 226 g/mol. The van der Waals surface area contributed by atoms with Crippen molar-refractivity contribution in [3.8, 4) is 0 Å². The van der Waals surface area contributed by atoms with E-state index in [9.17, 15) is 4.79 Å². The van der Waals surface area contributed by atoms with Gasteiger partial charge in [-0.25, -0.2) is 0 Å². The molecule has 0 aromatic rings. The molecule has 1 saturated heterocycles. The highest BCUT2D eigenvalue weighted by Crippen LogP contribution is 2.25. The highest BCUT2D eigenvalue weighted by atomic mass is 16.2. The average molecular weight is 253 g/mol. The third-order valence-electron chi connectivity index (χ3n) is 4.36. The molecule has 0 radical (unpaired) electrons. The van der Waals surface area contributed by atoms with Gasteiger partial charge in [-0.3, -0.25) is 9.69 Å². The Morgan fingerprint density at radius 3 is 2.44 bits per heavy atom. The summed E-state index contributed by atoms with van der Waals surface area (Å²) >= 11 is 0. The van der Waals surface area contributed by atoms with Gasteiger partial charge in [0.25, 0.3) is 0 Å². The minimum absolute atomic E-state index is 0.0940. The molecule has 2 rings (SSSR count). The summed E-state index contributed by atoms with van der Waals surface area (Å²) in [5, 5.41) is 0. The van der Waals surface area contributed by atoms with E-state index in [1.807, 2.05) is 4.90 Å². The Hall–Kier alpha value is -0.610. The molecule has 2 N–H and O–H groups in total. The van der Waals surface area contributed by atoms with Crippen LogP contribution in [-0.4, -0.2) is 54.5 Å². The van der Waals surface area contributed by atoms with Crippen LogP contribution < -0.4 is 5.73 Å². The zero-order valence-electron chi connectivity index (χ0n) is 11.6. The van der Waals surface area contributed by atoms with Gasteiger partial charge in [0, 0.05) is 32.2 Å². The lowest BCUT2D eigenvalue weighted by atomic mass is 9.84. The third-order valence-corrected chi connectivity index (χ3v) is 4.36. The lowest BCUT2D eigenvalue weighted by Crippen LogP contribution is -2.53. The second-order valence-corrected chi connectivity index (χ2v) is 5.72. The van der Waals surface area contributed by atoms with Crippen molar-refractivity contribution in [1.29, 1.82) is 0 Å². The van der Waals surface area contributed by atoms with Gasteiger partial charge in [0.15, 0.2) is 0 Å². The van der Waals surface area contributed by atoms with E-state index in [0.29, 0.717) is 5.91 Å². The number of nitrogens with zero attached hydrogens (tertiary/aromatic N) is 2. The fraction of sp³-hybridized carbons (Fsp3) is 0.929. The summed E-state index contributed by atoms with van der Waals surface area (Å²) in [7, 11) is 0. The van der Waals surface area contributed by atoms with Gasteiger partial charge in [-0.15, -0.1) is 0 Å². The van der Waals surface area contributed by atoms with Crippen molar-refractivity contribution in [3.63, 3.8) is 0 Å². The van der Waals surface area contributed by atoms with Crippen LogP contribution in [0.5, 0.6) is 0 Å². The fourth-order valence-corrected chi connectivity index (χ4v) is 3.21. The van der Waals surface area contributed by atoms with Gasteiger partial charge < -0.3 is 10.6 Å². The first-order valence-electron chi connectivity index (χ1n) is 7.49. The van der Waals surface area contributed by atoms with E-state index >= 15 is 0 Å². The van der Waals surface area contributed by atoms with Crippen LogP contribution >= 0.6 is 0 Å². The Morgan fingerprint density at radius 2 is 1.83 bits per heavy atom. The van der Waals surface area contributed by atoms with Crippen LogP contribution in [0.15, 0.2) is 0 Å². The zero-order valence-corrected chi connectivity index (χ0v) is 11.6. The number of carbonyl (C=O) groups excluding carboxylic acids is 1. The van der Waals surface area contributed by atoms with Crippen LogP contribution in [0.4, 0.5) is 0 Å². The Kier molecular flexibility index (Phi) is 5.01.